The number of alkyl carbamates (subject to hydrolysis) is 1. The van der Waals surface area contributed by atoms with E-state index in [0.717, 1.165) is 10.9 Å². The molecule has 1 aromatic carbocycles. The van der Waals surface area contributed by atoms with Gasteiger partial charge in [-0.15, -0.1) is 10.2 Å². The number of carbonyl (C=O) groups excluding carboxylic acids is 1. The van der Waals surface area contributed by atoms with Crippen LogP contribution in [-0.4, -0.2) is 28.4 Å². The number of hydrogen-bond donors (Lipinski definition) is 2. The molecule has 2 heterocycles. The molecule has 0 aliphatic carbocycles. The van der Waals surface area contributed by atoms with Crippen LogP contribution in [0.15, 0.2) is 39.5 Å². The van der Waals surface area contributed by atoms with Gasteiger partial charge < -0.3 is 19.5 Å². The van der Waals surface area contributed by atoms with Crippen molar-refractivity contribution in [3.63, 3.8) is 0 Å². The number of pyridine rings is 1. The van der Waals surface area contributed by atoms with E-state index in [4.69, 9.17) is 4.42 Å². The number of fused-ring (bicyclic) bond motifs is 1. The highest BCUT2D eigenvalue weighted by Gasteiger charge is 2.11. The molecular formula is C15H14N4O4. The number of methoxy groups -OCH3 is 1. The summed E-state index contributed by atoms with van der Waals surface area (Å²) in [7, 11) is 1.26. The van der Waals surface area contributed by atoms with E-state index in [1.165, 1.54) is 7.11 Å². The van der Waals surface area contributed by atoms with Crippen LogP contribution in [-0.2, 0) is 17.7 Å². The van der Waals surface area contributed by atoms with Gasteiger partial charge >= 0.3 is 6.09 Å². The lowest BCUT2D eigenvalue weighted by Crippen LogP contribution is -2.22. The zero-order valence-electron chi connectivity index (χ0n) is 12.3. The minimum atomic E-state index is -0.587. The molecule has 0 saturated heterocycles. The van der Waals surface area contributed by atoms with Crippen molar-refractivity contribution in [1.29, 1.82) is 0 Å². The van der Waals surface area contributed by atoms with Crippen LogP contribution in [0.25, 0.3) is 10.9 Å². The Kier molecular flexibility index (Phi) is 4.05. The Hall–Kier alpha value is -3.16. The molecule has 0 fully saturated rings. The van der Waals surface area contributed by atoms with Crippen molar-refractivity contribution in [3.8, 4) is 0 Å². The number of nitrogens with one attached hydrogen (secondary N) is 2. The maximum absolute atomic E-state index is 12.1. The Labute approximate surface area is 130 Å². The topological polar surface area (TPSA) is 110 Å². The average molecular weight is 314 g/mol. The number of ether oxygens (including phenoxy) is 1. The maximum atomic E-state index is 12.1. The highest BCUT2D eigenvalue weighted by atomic mass is 16.5. The van der Waals surface area contributed by atoms with Gasteiger partial charge in [0, 0.05) is 11.1 Å². The molecule has 0 bridgehead atoms. The van der Waals surface area contributed by atoms with Crippen LogP contribution in [0, 0.1) is 0 Å². The Bertz CT molecular complexity index is 900. The summed E-state index contributed by atoms with van der Waals surface area (Å²) in [6, 6.07) is 9.30. The lowest BCUT2D eigenvalue weighted by Gasteiger charge is -2.01. The molecule has 0 spiro atoms. The Balaban J connectivity index is 1.77. The average Bonchev–Trinajstić information content (AvgIpc) is 3.01. The number of para-hydroxylation sites is 1. The molecule has 0 unspecified atom stereocenters. The van der Waals surface area contributed by atoms with Crippen molar-refractivity contribution in [2.75, 3.05) is 7.11 Å². The maximum Gasteiger partial charge on any atom is 0.407 e. The van der Waals surface area contributed by atoms with Crippen molar-refractivity contribution < 1.29 is 13.9 Å². The quantitative estimate of drug-likeness (QED) is 0.752. The number of aromatic amines is 1. The smallest absolute Gasteiger partial charge is 0.407 e. The molecule has 0 radical (unpaired) electrons. The first-order valence-electron chi connectivity index (χ1n) is 6.89. The van der Waals surface area contributed by atoms with E-state index < -0.39 is 6.09 Å². The predicted octanol–water partition coefficient (Wildman–Crippen LogP) is 1.36. The minimum absolute atomic E-state index is 0.0632. The number of nitrogens with zero attached hydrogens (tertiary/aromatic N) is 2. The van der Waals surface area contributed by atoms with Gasteiger partial charge in [0.1, 0.15) is 0 Å². The fraction of sp³-hybridized carbons (Fsp3) is 0.200. The Morgan fingerprint density at radius 2 is 2.09 bits per heavy atom. The predicted molar refractivity (Wildman–Crippen MR) is 80.9 cm³/mol. The summed E-state index contributed by atoms with van der Waals surface area (Å²) < 4.78 is 9.85. The van der Waals surface area contributed by atoms with Crippen LogP contribution < -0.4 is 10.9 Å². The summed E-state index contributed by atoms with van der Waals surface area (Å²) in [5.74, 6) is 0.537. The van der Waals surface area contributed by atoms with E-state index in [-0.39, 0.29) is 24.4 Å². The SMILES string of the molecule is COC(=O)NCc1nnc(Cc2cc3ccccc3[nH]c2=O)o1. The molecule has 0 aliphatic heterocycles. The van der Waals surface area contributed by atoms with Crippen molar-refractivity contribution in [2.45, 2.75) is 13.0 Å². The van der Waals surface area contributed by atoms with E-state index in [1.807, 2.05) is 24.3 Å². The van der Waals surface area contributed by atoms with Gasteiger partial charge in [-0.25, -0.2) is 4.79 Å². The third kappa shape index (κ3) is 3.37. The first-order chi connectivity index (χ1) is 11.2. The van der Waals surface area contributed by atoms with Gasteiger partial charge in [0.25, 0.3) is 5.56 Å². The second-order valence-electron chi connectivity index (χ2n) is 4.82. The van der Waals surface area contributed by atoms with Crippen LogP contribution in [0.2, 0.25) is 0 Å². The molecule has 0 atom stereocenters. The molecule has 118 valence electrons. The lowest BCUT2D eigenvalue weighted by molar-refractivity contribution is 0.169. The molecular weight excluding hydrogens is 300 g/mol. The molecule has 8 nitrogen and oxygen atoms in total. The number of H-pyrrole nitrogens is 1. The first-order valence-corrected chi connectivity index (χ1v) is 6.89. The zero-order valence-corrected chi connectivity index (χ0v) is 12.3. The van der Waals surface area contributed by atoms with Crippen molar-refractivity contribution >= 4 is 17.0 Å². The zero-order chi connectivity index (χ0) is 16.2. The third-order valence-corrected chi connectivity index (χ3v) is 3.25. The number of rotatable bonds is 4. The van der Waals surface area contributed by atoms with Gasteiger partial charge in [-0.05, 0) is 17.5 Å². The van der Waals surface area contributed by atoms with Crippen molar-refractivity contribution in [2.24, 2.45) is 0 Å². The van der Waals surface area contributed by atoms with Crippen LogP contribution in [0.3, 0.4) is 0 Å². The largest absolute Gasteiger partial charge is 0.453 e. The number of amides is 1. The summed E-state index contributed by atoms with van der Waals surface area (Å²) in [4.78, 5) is 25.9. The molecule has 8 heteroatoms. The van der Waals surface area contributed by atoms with Crippen LogP contribution in [0.1, 0.15) is 17.3 Å². The molecule has 3 rings (SSSR count). The molecule has 2 N–H and O–H groups in total. The van der Waals surface area contributed by atoms with Crippen LogP contribution in [0.5, 0.6) is 0 Å². The number of aromatic nitrogens is 3. The van der Waals surface area contributed by atoms with E-state index in [0.29, 0.717) is 11.5 Å². The second-order valence-corrected chi connectivity index (χ2v) is 4.82. The van der Waals surface area contributed by atoms with E-state index in [2.05, 4.69) is 25.2 Å². The number of benzene rings is 1. The van der Waals surface area contributed by atoms with Gasteiger partial charge in [-0.3, -0.25) is 4.79 Å². The van der Waals surface area contributed by atoms with Crippen molar-refractivity contribution in [1.82, 2.24) is 20.5 Å². The normalized spacial score (nSPS) is 10.7. The summed E-state index contributed by atoms with van der Waals surface area (Å²) in [6.45, 7) is 0.0632. The molecule has 2 aromatic heterocycles. The fourth-order valence-electron chi connectivity index (χ4n) is 2.14. The minimum Gasteiger partial charge on any atom is -0.453 e. The van der Waals surface area contributed by atoms with Crippen molar-refractivity contribution in [3.05, 3.63) is 58.0 Å². The van der Waals surface area contributed by atoms with Gasteiger partial charge in [0.2, 0.25) is 11.8 Å². The standard InChI is InChI=1S/C15H14N4O4/c1-22-15(21)16-8-13-19-18-12(23-13)7-10-6-9-4-2-3-5-11(9)17-14(10)20/h2-6H,7-8H2,1H3,(H,16,21)(H,17,20). The Morgan fingerprint density at radius 1 is 1.30 bits per heavy atom. The van der Waals surface area contributed by atoms with Gasteiger partial charge in [0.15, 0.2) is 0 Å². The molecule has 23 heavy (non-hydrogen) atoms. The monoisotopic (exact) mass is 314 g/mol. The molecule has 1 amide bonds. The highest BCUT2D eigenvalue weighted by molar-refractivity contribution is 5.78. The van der Waals surface area contributed by atoms with Gasteiger partial charge in [0.05, 0.1) is 20.1 Å². The van der Waals surface area contributed by atoms with Crippen LogP contribution in [0.4, 0.5) is 4.79 Å². The van der Waals surface area contributed by atoms with E-state index in [1.54, 1.807) is 6.07 Å². The third-order valence-electron chi connectivity index (χ3n) is 3.25. The molecule has 0 saturated carbocycles. The van der Waals surface area contributed by atoms with Gasteiger partial charge in [-0.1, -0.05) is 18.2 Å². The number of hydrogen-bond acceptors (Lipinski definition) is 6. The summed E-state index contributed by atoms with van der Waals surface area (Å²) in [6.07, 6.45) is -0.374. The highest BCUT2D eigenvalue weighted by Crippen LogP contribution is 2.12. The van der Waals surface area contributed by atoms with E-state index in [9.17, 15) is 9.59 Å². The molecule has 0 aliphatic rings. The molecule has 3 aromatic rings. The lowest BCUT2D eigenvalue weighted by atomic mass is 10.1. The number of carbonyl (C=O) groups is 1. The van der Waals surface area contributed by atoms with Crippen LogP contribution >= 0.6 is 0 Å². The summed E-state index contributed by atoms with van der Waals surface area (Å²) in [5, 5.41) is 11.0. The summed E-state index contributed by atoms with van der Waals surface area (Å²) >= 11 is 0. The van der Waals surface area contributed by atoms with E-state index >= 15 is 0 Å². The first kappa shape index (κ1) is 14.8. The second kappa shape index (κ2) is 6.30. The van der Waals surface area contributed by atoms with Gasteiger partial charge in [-0.2, -0.15) is 0 Å². The summed E-state index contributed by atoms with van der Waals surface area (Å²) in [5.41, 5.74) is 1.10. The Morgan fingerprint density at radius 3 is 2.91 bits per heavy atom. The fourth-order valence-corrected chi connectivity index (χ4v) is 2.14.